The Bertz CT molecular complexity index is 1050. The standard InChI is InChI=1S/C24H31N5O3/c1-24(2,3)15-32-23(31)28-13-18-20(19(30)14-28)21(27-17-7-5-4-6-8-17)22(29(18)25)16-9-11-26-12-10-16/h5,7-11,26-27H,4,6,12-15,25H2,1-3H3. The minimum atomic E-state index is -0.505. The summed E-state index contributed by atoms with van der Waals surface area (Å²) in [6.45, 7) is 7.08. The number of ketones is 1. The summed E-state index contributed by atoms with van der Waals surface area (Å²) >= 11 is 0. The Morgan fingerprint density at radius 3 is 2.69 bits per heavy atom. The predicted octanol–water partition coefficient (Wildman–Crippen LogP) is 3.53. The molecule has 1 amide bonds. The van der Waals surface area contributed by atoms with Gasteiger partial charge < -0.3 is 21.2 Å². The van der Waals surface area contributed by atoms with E-state index in [-0.39, 0.29) is 30.9 Å². The molecule has 4 N–H and O–H groups in total. The molecule has 3 aliphatic rings. The van der Waals surface area contributed by atoms with Crippen LogP contribution in [0.2, 0.25) is 0 Å². The van der Waals surface area contributed by atoms with Gasteiger partial charge in [0.05, 0.1) is 42.3 Å². The van der Waals surface area contributed by atoms with Crippen molar-refractivity contribution in [3.63, 3.8) is 0 Å². The number of dihydropyridines is 1. The molecule has 1 aliphatic carbocycles. The number of allylic oxidation sites excluding steroid dienone is 5. The Balaban J connectivity index is 1.71. The van der Waals surface area contributed by atoms with E-state index in [1.165, 1.54) is 9.58 Å². The first-order valence-electron chi connectivity index (χ1n) is 11.0. The number of carbonyl (C=O) groups is 2. The Labute approximate surface area is 188 Å². The second kappa shape index (κ2) is 8.61. The van der Waals surface area contributed by atoms with Gasteiger partial charge in [0, 0.05) is 17.8 Å². The summed E-state index contributed by atoms with van der Waals surface area (Å²) in [6, 6.07) is 0. The number of hydrogen-bond acceptors (Lipinski definition) is 6. The number of amides is 1. The summed E-state index contributed by atoms with van der Waals surface area (Å²) in [6.07, 6.45) is 13.5. The van der Waals surface area contributed by atoms with E-state index in [1.807, 2.05) is 45.2 Å². The molecule has 1 aromatic heterocycles. The van der Waals surface area contributed by atoms with E-state index in [4.69, 9.17) is 10.6 Å². The molecule has 1 aromatic rings. The van der Waals surface area contributed by atoms with Gasteiger partial charge in [-0.2, -0.15) is 0 Å². The van der Waals surface area contributed by atoms with Crippen molar-refractivity contribution < 1.29 is 14.3 Å². The van der Waals surface area contributed by atoms with Gasteiger partial charge in [-0.15, -0.1) is 0 Å². The fourth-order valence-electron chi connectivity index (χ4n) is 3.97. The highest BCUT2D eigenvalue weighted by Gasteiger charge is 2.36. The lowest BCUT2D eigenvalue weighted by atomic mass is 9.99. The summed E-state index contributed by atoms with van der Waals surface area (Å²) in [4.78, 5) is 27.3. The first-order chi connectivity index (χ1) is 15.2. The van der Waals surface area contributed by atoms with Crippen molar-refractivity contribution in [3.05, 3.63) is 59.2 Å². The molecule has 0 saturated heterocycles. The Morgan fingerprint density at radius 1 is 1.22 bits per heavy atom. The molecule has 0 saturated carbocycles. The van der Waals surface area contributed by atoms with Gasteiger partial charge >= 0.3 is 6.09 Å². The van der Waals surface area contributed by atoms with Crippen LogP contribution in [0.5, 0.6) is 0 Å². The number of nitrogens with one attached hydrogen (secondary N) is 2. The maximum atomic E-state index is 13.3. The number of rotatable bonds is 4. The van der Waals surface area contributed by atoms with Gasteiger partial charge in [-0.05, 0) is 36.6 Å². The number of hydrogen-bond donors (Lipinski definition) is 3. The van der Waals surface area contributed by atoms with Gasteiger partial charge in [-0.1, -0.05) is 39.0 Å². The number of nitrogen functional groups attached to an aromatic ring is 1. The van der Waals surface area contributed by atoms with E-state index in [1.54, 1.807) is 0 Å². The number of fused-ring (bicyclic) bond motifs is 1. The third-order valence-corrected chi connectivity index (χ3v) is 5.51. The number of carbonyl (C=O) groups excluding carboxylic acids is 2. The third kappa shape index (κ3) is 4.44. The third-order valence-electron chi connectivity index (χ3n) is 5.51. The summed E-state index contributed by atoms with van der Waals surface area (Å²) < 4.78 is 6.98. The van der Waals surface area contributed by atoms with Crippen LogP contribution in [0.25, 0.3) is 5.57 Å². The van der Waals surface area contributed by atoms with Crippen molar-refractivity contribution in [2.24, 2.45) is 5.41 Å². The molecular weight excluding hydrogens is 406 g/mol. The fraction of sp³-hybridized carbons (Fsp3) is 0.417. The molecule has 0 unspecified atom stereocenters. The average Bonchev–Trinajstić information content (AvgIpc) is 3.04. The van der Waals surface area contributed by atoms with Gasteiger partial charge in [-0.25, -0.2) is 4.79 Å². The maximum Gasteiger partial charge on any atom is 0.410 e. The zero-order chi connectivity index (χ0) is 22.9. The van der Waals surface area contributed by atoms with Crippen molar-refractivity contribution in [3.8, 4) is 0 Å². The first-order valence-corrected chi connectivity index (χ1v) is 11.0. The zero-order valence-electron chi connectivity index (χ0n) is 18.9. The zero-order valence-corrected chi connectivity index (χ0v) is 18.9. The monoisotopic (exact) mass is 437 g/mol. The lowest BCUT2D eigenvalue weighted by molar-refractivity contribution is 0.0622. The molecule has 170 valence electrons. The lowest BCUT2D eigenvalue weighted by Crippen LogP contribution is -2.41. The molecule has 8 nitrogen and oxygen atoms in total. The van der Waals surface area contributed by atoms with Crippen molar-refractivity contribution in [2.45, 2.75) is 40.2 Å². The molecule has 32 heavy (non-hydrogen) atoms. The van der Waals surface area contributed by atoms with Crippen LogP contribution in [-0.4, -0.2) is 41.1 Å². The Hall–Kier alpha value is -3.42. The number of nitrogens with two attached hydrogens (primary N) is 1. The van der Waals surface area contributed by atoms with Gasteiger partial charge in [0.1, 0.15) is 0 Å². The Morgan fingerprint density at radius 2 is 2.03 bits per heavy atom. The van der Waals surface area contributed by atoms with Crippen molar-refractivity contribution in [1.82, 2.24) is 14.9 Å². The second-order valence-corrected chi connectivity index (χ2v) is 9.48. The van der Waals surface area contributed by atoms with Crippen LogP contribution in [0.4, 0.5) is 10.5 Å². The van der Waals surface area contributed by atoms with Gasteiger partial charge in [-0.3, -0.25) is 14.4 Å². The molecule has 8 heteroatoms. The second-order valence-electron chi connectivity index (χ2n) is 9.48. The fourth-order valence-corrected chi connectivity index (χ4v) is 3.97. The van der Waals surface area contributed by atoms with Crippen LogP contribution < -0.4 is 16.5 Å². The minimum absolute atomic E-state index is 0.0422. The molecule has 0 aromatic carbocycles. The molecular formula is C24H31N5O3. The smallest absolute Gasteiger partial charge is 0.410 e. The van der Waals surface area contributed by atoms with Crippen molar-refractivity contribution in [2.75, 3.05) is 30.9 Å². The molecule has 0 fully saturated rings. The molecule has 0 bridgehead atoms. The number of nitrogens with zero attached hydrogens (tertiary/aromatic N) is 2. The highest BCUT2D eigenvalue weighted by molar-refractivity contribution is 6.08. The summed E-state index contributed by atoms with van der Waals surface area (Å²) in [5, 5.41) is 6.58. The Kier molecular flexibility index (Phi) is 5.86. The van der Waals surface area contributed by atoms with Gasteiger partial charge in [0.25, 0.3) is 0 Å². The van der Waals surface area contributed by atoms with Crippen LogP contribution in [-0.2, 0) is 11.3 Å². The highest BCUT2D eigenvalue weighted by atomic mass is 16.6. The van der Waals surface area contributed by atoms with Crippen LogP contribution in [0, 0.1) is 5.41 Å². The van der Waals surface area contributed by atoms with E-state index in [0.717, 1.165) is 29.8 Å². The normalized spacial score (nSPS) is 18.0. The molecule has 2 aliphatic heterocycles. The summed E-state index contributed by atoms with van der Waals surface area (Å²) in [5.74, 6) is 6.38. The van der Waals surface area contributed by atoms with E-state index < -0.39 is 6.09 Å². The van der Waals surface area contributed by atoms with Crippen LogP contribution >= 0.6 is 0 Å². The van der Waals surface area contributed by atoms with Crippen LogP contribution in [0.1, 0.15) is 55.4 Å². The lowest BCUT2D eigenvalue weighted by Gasteiger charge is -2.28. The highest BCUT2D eigenvalue weighted by Crippen LogP contribution is 2.37. The number of ether oxygens (including phenoxy) is 1. The molecule has 0 spiro atoms. The summed E-state index contributed by atoms with van der Waals surface area (Å²) in [7, 11) is 0. The van der Waals surface area contributed by atoms with Gasteiger partial charge in [0.2, 0.25) is 0 Å². The van der Waals surface area contributed by atoms with Crippen LogP contribution in [0.3, 0.4) is 0 Å². The van der Waals surface area contributed by atoms with E-state index >= 15 is 0 Å². The molecule has 0 radical (unpaired) electrons. The summed E-state index contributed by atoms with van der Waals surface area (Å²) in [5.41, 5.74) is 4.24. The van der Waals surface area contributed by atoms with E-state index in [0.29, 0.717) is 23.5 Å². The van der Waals surface area contributed by atoms with E-state index in [2.05, 4.69) is 22.8 Å². The van der Waals surface area contributed by atoms with E-state index in [9.17, 15) is 9.59 Å². The first kappa shape index (κ1) is 21.8. The molecule has 4 rings (SSSR count). The minimum Gasteiger partial charge on any atom is -0.449 e. The predicted molar refractivity (Wildman–Crippen MR) is 125 cm³/mol. The van der Waals surface area contributed by atoms with Crippen molar-refractivity contribution in [1.29, 1.82) is 0 Å². The SMILES string of the molecule is CC(C)(C)COC(=O)N1CC(=O)c2c(NC3=CCCC=C3)c(C3=CCNC=C3)n(N)c2C1. The number of aromatic nitrogens is 1. The number of anilines is 1. The van der Waals surface area contributed by atoms with Crippen LogP contribution in [0.15, 0.2) is 42.3 Å². The maximum absolute atomic E-state index is 13.3. The van der Waals surface area contributed by atoms with Gasteiger partial charge in [0.15, 0.2) is 5.78 Å². The average molecular weight is 438 g/mol. The number of Topliss-reactive ketones (excluding diaryl/α,β-unsaturated/α-hetero) is 1. The largest absolute Gasteiger partial charge is 0.449 e. The quantitative estimate of drug-likeness (QED) is 0.623. The molecule has 0 atom stereocenters. The molecule has 3 heterocycles. The topological polar surface area (TPSA) is 102 Å². The van der Waals surface area contributed by atoms with Crippen molar-refractivity contribution >= 4 is 23.1 Å².